The van der Waals surface area contributed by atoms with E-state index >= 15 is 0 Å². The molecule has 1 aliphatic rings. The van der Waals surface area contributed by atoms with E-state index in [1.54, 1.807) is 0 Å². The van der Waals surface area contributed by atoms with E-state index in [0.29, 0.717) is 16.6 Å². The summed E-state index contributed by atoms with van der Waals surface area (Å²) >= 11 is 5.87. The van der Waals surface area contributed by atoms with Gasteiger partial charge in [0.15, 0.2) is 0 Å². The Morgan fingerprint density at radius 1 is 1.41 bits per heavy atom. The van der Waals surface area contributed by atoms with Crippen LogP contribution >= 0.6 is 11.6 Å². The number of aromatic nitrogens is 1. The van der Waals surface area contributed by atoms with Crippen LogP contribution in [0.25, 0.3) is 0 Å². The molecule has 2 rings (SSSR count). The molecule has 1 fully saturated rings. The van der Waals surface area contributed by atoms with E-state index in [0.717, 1.165) is 11.4 Å². The number of nitrogens with one attached hydrogen (secondary N) is 1. The Kier molecular flexibility index (Phi) is 3.62. The minimum Gasteiger partial charge on any atom is -0.381 e. The van der Waals surface area contributed by atoms with E-state index in [9.17, 15) is 0 Å². The highest BCUT2D eigenvalue weighted by atomic mass is 35.5. The molecule has 1 heterocycles. The van der Waals surface area contributed by atoms with Gasteiger partial charge in [0.2, 0.25) is 0 Å². The van der Waals surface area contributed by atoms with Gasteiger partial charge in [0.05, 0.1) is 11.4 Å². The molecule has 1 N–H and O–H groups in total. The molecule has 0 aromatic carbocycles. The fourth-order valence-electron chi connectivity index (χ4n) is 2.72. The highest BCUT2D eigenvalue weighted by Crippen LogP contribution is 2.36. The van der Waals surface area contributed by atoms with Crippen LogP contribution in [0, 0.1) is 12.3 Å². The summed E-state index contributed by atoms with van der Waals surface area (Å²) in [4.78, 5) is 4.28. The summed E-state index contributed by atoms with van der Waals surface area (Å²) < 4.78 is 0. The van der Waals surface area contributed by atoms with Crippen LogP contribution in [-0.4, -0.2) is 11.0 Å². The van der Waals surface area contributed by atoms with Gasteiger partial charge in [-0.15, -0.1) is 0 Å². The van der Waals surface area contributed by atoms with E-state index in [2.05, 4.69) is 24.1 Å². The molecule has 1 unspecified atom stereocenters. The maximum absolute atomic E-state index is 5.87. The average molecular weight is 253 g/mol. The maximum Gasteiger partial charge on any atom is 0.129 e. The van der Waals surface area contributed by atoms with E-state index in [-0.39, 0.29) is 0 Å². The van der Waals surface area contributed by atoms with Gasteiger partial charge >= 0.3 is 0 Å². The summed E-state index contributed by atoms with van der Waals surface area (Å²) in [7, 11) is 0. The van der Waals surface area contributed by atoms with Crippen LogP contribution in [0.15, 0.2) is 12.1 Å². The lowest BCUT2D eigenvalue weighted by Gasteiger charge is -2.36. The Hall–Kier alpha value is -0.760. The van der Waals surface area contributed by atoms with Crippen molar-refractivity contribution < 1.29 is 0 Å². The smallest absolute Gasteiger partial charge is 0.129 e. The van der Waals surface area contributed by atoms with Gasteiger partial charge in [0.1, 0.15) is 5.15 Å². The molecule has 0 aliphatic heterocycles. The predicted octanol–water partition coefficient (Wildman–Crippen LogP) is 4.42. The third-order valence-corrected chi connectivity index (χ3v) is 3.83. The van der Waals surface area contributed by atoms with Crippen molar-refractivity contribution in [2.24, 2.45) is 5.41 Å². The lowest BCUT2D eigenvalue weighted by Crippen LogP contribution is -2.32. The zero-order valence-corrected chi connectivity index (χ0v) is 11.6. The van der Waals surface area contributed by atoms with Crippen molar-refractivity contribution in [3.05, 3.63) is 23.0 Å². The summed E-state index contributed by atoms with van der Waals surface area (Å²) in [6.45, 7) is 6.71. The van der Waals surface area contributed by atoms with E-state index < -0.39 is 0 Å². The second kappa shape index (κ2) is 4.85. The quantitative estimate of drug-likeness (QED) is 0.788. The molecule has 0 saturated heterocycles. The molecular weight excluding hydrogens is 232 g/mol. The zero-order chi connectivity index (χ0) is 12.5. The van der Waals surface area contributed by atoms with Crippen LogP contribution in [-0.2, 0) is 0 Å². The second-order valence-corrected chi connectivity index (χ2v) is 6.26. The lowest BCUT2D eigenvalue weighted by atomic mass is 9.75. The second-order valence-electron chi connectivity index (χ2n) is 5.87. The van der Waals surface area contributed by atoms with Crippen LogP contribution < -0.4 is 5.32 Å². The van der Waals surface area contributed by atoms with Gasteiger partial charge in [-0.3, -0.25) is 0 Å². The molecule has 3 heteroatoms. The number of rotatable bonds is 2. The molecule has 1 aromatic heterocycles. The van der Waals surface area contributed by atoms with Gasteiger partial charge in [0, 0.05) is 6.04 Å². The fourth-order valence-corrected chi connectivity index (χ4v) is 2.91. The molecule has 1 aromatic rings. The minimum atomic E-state index is 0.462. The van der Waals surface area contributed by atoms with Crippen LogP contribution in [0.5, 0.6) is 0 Å². The molecule has 0 bridgehead atoms. The average Bonchev–Trinajstić information content (AvgIpc) is 2.21. The molecule has 0 amide bonds. The molecule has 2 nitrogen and oxygen atoms in total. The van der Waals surface area contributed by atoms with Crippen molar-refractivity contribution >= 4 is 17.3 Å². The molecule has 1 saturated carbocycles. The van der Waals surface area contributed by atoms with Crippen LogP contribution in [0.4, 0.5) is 5.69 Å². The molecule has 1 atom stereocenters. The summed E-state index contributed by atoms with van der Waals surface area (Å²) in [5.74, 6) is 0. The van der Waals surface area contributed by atoms with E-state index in [4.69, 9.17) is 11.6 Å². The van der Waals surface area contributed by atoms with Crippen LogP contribution in [0.3, 0.4) is 0 Å². The number of aryl methyl sites for hydroxylation is 1. The fraction of sp³-hybridized carbons (Fsp3) is 0.643. The lowest BCUT2D eigenvalue weighted by molar-refractivity contribution is 0.229. The largest absolute Gasteiger partial charge is 0.381 e. The zero-order valence-electron chi connectivity index (χ0n) is 10.9. The molecule has 1 aliphatic carbocycles. The van der Waals surface area contributed by atoms with Gasteiger partial charge < -0.3 is 5.32 Å². The highest BCUT2D eigenvalue weighted by molar-refractivity contribution is 6.29. The van der Waals surface area contributed by atoms with Gasteiger partial charge in [-0.05, 0) is 43.7 Å². The highest BCUT2D eigenvalue weighted by Gasteiger charge is 2.27. The summed E-state index contributed by atoms with van der Waals surface area (Å²) in [5, 5.41) is 4.18. The number of pyridine rings is 1. The first-order chi connectivity index (χ1) is 7.96. The van der Waals surface area contributed by atoms with E-state index in [1.807, 2.05) is 19.1 Å². The third kappa shape index (κ3) is 3.35. The number of hydrogen-bond acceptors (Lipinski definition) is 2. The molecule has 17 heavy (non-hydrogen) atoms. The predicted molar refractivity (Wildman–Crippen MR) is 73.6 cm³/mol. The molecular formula is C14H21ClN2. The normalized spacial score (nSPS) is 23.4. The summed E-state index contributed by atoms with van der Waals surface area (Å²) in [5.41, 5.74) is 2.57. The standard InChI is InChI=1S/C14H21ClN2/c1-10-12(6-7-13(15)16-10)17-11-5-4-8-14(2,3)9-11/h6-7,11,17H,4-5,8-9H2,1-3H3. The van der Waals surface area contributed by atoms with Crippen LogP contribution in [0.2, 0.25) is 5.15 Å². The Bertz CT molecular complexity index is 401. The van der Waals surface area contributed by atoms with Crippen molar-refractivity contribution in [2.45, 2.75) is 52.5 Å². The number of hydrogen-bond donors (Lipinski definition) is 1. The van der Waals surface area contributed by atoms with Crippen molar-refractivity contribution in [3.63, 3.8) is 0 Å². The number of anilines is 1. The number of halogens is 1. The van der Waals surface area contributed by atoms with E-state index in [1.165, 1.54) is 25.7 Å². The first-order valence-corrected chi connectivity index (χ1v) is 6.74. The Morgan fingerprint density at radius 3 is 2.82 bits per heavy atom. The van der Waals surface area contributed by atoms with Gasteiger partial charge in [-0.25, -0.2) is 4.98 Å². The monoisotopic (exact) mass is 252 g/mol. The SMILES string of the molecule is Cc1nc(Cl)ccc1NC1CCCC(C)(C)C1. The first-order valence-electron chi connectivity index (χ1n) is 6.36. The Morgan fingerprint density at radius 2 is 2.18 bits per heavy atom. The summed E-state index contributed by atoms with van der Waals surface area (Å²) in [6, 6.07) is 4.46. The van der Waals surface area contributed by atoms with Crippen molar-refractivity contribution in [2.75, 3.05) is 5.32 Å². The van der Waals surface area contributed by atoms with Gasteiger partial charge in [0.25, 0.3) is 0 Å². The van der Waals surface area contributed by atoms with Gasteiger partial charge in [-0.1, -0.05) is 31.9 Å². The van der Waals surface area contributed by atoms with Crippen molar-refractivity contribution in [1.29, 1.82) is 0 Å². The van der Waals surface area contributed by atoms with Crippen LogP contribution in [0.1, 0.15) is 45.2 Å². The molecule has 0 radical (unpaired) electrons. The number of nitrogens with zero attached hydrogens (tertiary/aromatic N) is 1. The minimum absolute atomic E-state index is 0.462. The maximum atomic E-state index is 5.87. The van der Waals surface area contributed by atoms with Crippen molar-refractivity contribution in [3.8, 4) is 0 Å². The Balaban J connectivity index is 2.05. The van der Waals surface area contributed by atoms with Crippen molar-refractivity contribution in [1.82, 2.24) is 4.98 Å². The Labute approximate surface area is 109 Å². The summed E-state index contributed by atoms with van der Waals surface area (Å²) in [6.07, 6.45) is 5.13. The molecule has 0 spiro atoms. The first kappa shape index (κ1) is 12.7. The van der Waals surface area contributed by atoms with Gasteiger partial charge in [-0.2, -0.15) is 0 Å². The molecule has 94 valence electrons. The third-order valence-electron chi connectivity index (χ3n) is 3.62. The topological polar surface area (TPSA) is 24.9 Å².